The fourth-order valence-corrected chi connectivity index (χ4v) is 6.06. The molecule has 0 aromatic heterocycles. The van der Waals surface area contributed by atoms with Crippen molar-refractivity contribution in [3.8, 4) is 5.75 Å². The molecule has 0 aliphatic heterocycles. The molecule has 0 amide bonds. The van der Waals surface area contributed by atoms with E-state index in [4.69, 9.17) is 4.74 Å². The van der Waals surface area contributed by atoms with Crippen LogP contribution in [0, 0.1) is 11.3 Å². The van der Waals surface area contributed by atoms with E-state index >= 15 is 0 Å². The molecule has 1 aromatic carbocycles. The second kappa shape index (κ2) is 11.9. The molecule has 1 aromatic rings. The Balaban J connectivity index is 1.20. The van der Waals surface area contributed by atoms with Crippen molar-refractivity contribution < 1.29 is 19.4 Å². The molecule has 1 atom stereocenters. The molecule has 2 fully saturated rings. The van der Waals surface area contributed by atoms with E-state index in [-0.39, 0.29) is 5.78 Å². The summed E-state index contributed by atoms with van der Waals surface area (Å²) in [6.45, 7) is 0.703. The molecule has 2 saturated carbocycles. The van der Waals surface area contributed by atoms with Gasteiger partial charge in [0, 0.05) is 6.42 Å². The Morgan fingerprint density at radius 2 is 1.82 bits per heavy atom. The van der Waals surface area contributed by atoms with Crippen LogP contribution in [0.4, 0.5) is 0 Å². The summed E-state index contributed by atoms with van der Waals surface area (Å²) in [7, 11) is 0. The molecule has 0 spiro atoms. The minimum atomic E-state index is -0.719. The summed E-state index contributed by atoms with van der Waals surface area (Å²) in [5.74, 6) is 0.873. The fraction of sp³-hybridized carbons (Fsp3) is 0.600. The predicted molar refractivity (Wildman–Crippen MR) is 136 cm³/mol. The highest BCUT2D eigenvalue weighted by Crippen LogP contribution is 2.42. The average molecular weight is 465 g/mol. The third-order valence-electron chi connectivity index (χ3n) is 8.20. The summed E-state index contributed by atoms with van der Waals surface area (Å²) < 4.78 is 6.03. The SMILES string of the molecule is O=C(/C=C1\CCCC(CCOc2ccc(C3=CCCCC3)cc2)C1)CCC1(C(=O)O)CCCC1. The Morgan fingerprint density at radius 1 is 1.03 bits per heavy atom. The van der Waals surface area contributed by atoms with Crippen molar-refractivity contribution in [1.29, 1.82) is 0 Å². The molecule has 0 bridgehead atoms. The van der Waals surface area contributed by atoms with Crippen LogP contribution in [-0.2, 0) is 9.59 Å². The van der Waals surface area contributed by atoms with E-state index in [0.717, 1.165) is 57.1 Å². The first-order chi connectivity index (χ1) is 16.5. The second-order valence-corrected chi connectivity index (χ2v) is 10.7. The maximum atomic E-state index is 12.6. The molecule has 34 heavy (non-hydrogen) atoms. The Hall–Kier alpha value is -2.36. The molecule has 0 radical (unpaired) electrons. The number of aliphatic carboxylic acids is 1. The van der Waals surface area contributed by atoms with Crippen molar-refractivity contribution in [1.82, 2.24) is 0 Å². The standard InChI is InChI=1S/C30H40O4/c31-27(15-19-30(29(32)33)17-4-5-18-30)22-24-8-6-7-23(21-24)16-20-34-28-13-11-26(12-14-28)25-9-2-1-3-10-25/h9,11-14,22-23H,1-8,10,15-21H2,(H,32,33)/b24-22+. The first kappa shape index (κ1) is 24.8. The summed E-state index contributed by atoms with van der Waals surface area (Å²) in [6.07, 6.45) is 18.6. The van der Waals surface area contributed by atoms with E-state index in [9.17, 15) is 14.7 Å². The molecule has 3 aliphatic rings. The van der Waals surface area contributed by atoms with Crippen LogP contribution >= 0.6 is 0 Å². The van der Waals surface area contributed by atoms with Gasteiger partial charge in [-0.1, -0.05) is 36.6 Å². The zero-order valence-electron chi connectivity index (χ0n) is 20.5. The highest BCUT2D eigenvalue weighted by molar-refractivity contribution is 5.90. The summed E-state index contributed by atoms with van der Waals surface area (Å²) in [5.41, 5.74) is 3.37. The van der Waals surface area contributed by atoms with Gasteiger partial charge in [-0.3, -0.25) is 9.59 Å². The summed E-state index contributed by atoms with van der Waals surface area (Å²) in [4.78, 5) is 24.3. The van der Waals surface area contributed by atoms with Crippen molar-refractivity contribution in [3.05, 3.63) is 47.6 Å². The number of carbonyl (C=O) groups is 2. The number of carbonyl (C=O) groups excluding carboxylic acids is 1. The molecule has 1 unspecified atom stereocenters. The number of rotatable bonds is 10. The topological polar surface area (TPSA) is 63.6 Å². The molecule has 1 N–H and O–H groups in total. The molecule has 3 aliphatic carbocycles. The number of allylic oxidation sites excluding steroid dienone is 4. The third kappa shape index (κ3) is 6.61. The van der Waals surface area contributed by atoms with Gasteiger partial charge in [0.15, 0.2) is 5.78 Å². The molecule has 184 valence electrons. The molecule has 4 rings (SSSR count). The van der Waals surface area contributed by atoms with Crippen molar-refractivity contribution >= 4 is 17.3 Å². The van der Waals surface area contributed by atoms with Gasteiger partial charge in [-0.05, 0) is 112 Å². The van der Waals surface area contributed by atoms with E-state index in [2.05, 4.69) is 30.3 Å². The van der Waals surface area contributed by atoms with E-state index in [1.165, 1.54) is 48.8 Å². The van der Waals surface area contributed by atoms with Crippen LogP contribution in [0.1, 0.15) is 102 Å². The first-order valence-electron chi connectivity index (χ1n) is 13.4. The van der Waals surface area contributed by atoms with Crippen LogP contribution in [0.3, 0.4) is 0 Å². The molecule has 0 saturated heterocycles. The number of carboxylic acid groups (broad SMARTS) is 1. The number of carboxylic acids is 1. The molecule has 0 heterocycles. The van der Waals surface area contributed by atoms with Crippen molar-refractivity contribution in [2.75, 3.05) is 6.61 Å². The second-order valence-electron chi connectivity index (χ2n) is 10.7. The normalized spacial score (nSPS) is 23.5. The average Bonchev–Trinajstić information content (AvgIpc) is 3.35. The van der Waals surface area contributed by atoms with Crippen molar-refractivity contribution in [2.45, 2.75) is 96.3 Å². The fourth-order valence-electron chi connectivity index (χ4n) is 6.06. The van der Waals surface area contributed by atoms with Gasteiger partial charge in [0.1, 0.15) is 5.75 Å². The van der Waals surface area contributed by atoms with E-state index in [0.29, 0.717) is 25.4 Å². The summed E-state index contributed by atoms with van der Waals surface area (Å²) in [5, 5.41) is 9.63. The lowest BCUT2D eigenvalue weighted by molar-refractivity contribution is -0.149. The van der Waals surface area contributed by atoms with E-state index in [1.54, 1.807) is 0 Å². The number of ketones is 1. The van der Waals surface area contributed by atoms with Gasteiger partial charge >= 0.3 is 5.97 Å². The lowest BCUT2D eigenvalue weighted by Gasteiger charge is -2.25. The van der Waals surface area contributed by atoms with Gasteiger partial charge in [-0.25, -0.2) is 0 Å². The molecular weight excluding hydrogens is 424 g/mol. The maximum Gasteiger partial charge on any atom is 0.309 e. The van der Waals surface area contributed by atoms with E-state index in [1.807, 2.05) is 6.08 Å². The van der Waals surface area contributed by atoms with Crippen molar-refractivity contribution in [3.63, 3.8) is 0 Å². The Morgan fingerprint density at radius 3 is 2.53 bits per heavy atom. The Bertz CT molecular complexity index is 902. The third-order valence-corrected chi connectivity index (χ3v) is 8.20. The zero-order chi connectivity index (χ0) is 23.8. The highest BCUT2D eigenvalue weighted by Gasteiger charge is 2.41. The lowest BCUT2D eigenvalue weighted by Crippen LogP contribution is -2.28. The number of benzene rings is 1. The number of ether oxygens (including phenoxy) is 1. The minimum absolute atomic E-state index is 0.104. The van der Waals surface area contributed by atoms with Gasteiger partial charge in [0.05, 0.1) is 12.0 Å². The van der Waals surface area contributed by atoms with E-state index < -0.39 is 11.4 Å². The molecule has 4 heteroatoms. The van der Waals surface area contributed by atoms with Crippen LogP contribution in [0.5, 0.6) is 5.75 Å². The van der Waals surface area contributed by atoms with Gasteiger partial charge in [0.25, 0.3) is 0 Å². The quantitative estimate of drug-likeness (QED) is 0.364. The van der Waals surface area contributed by atoms with Gasteiger partial charge < -0.3 is 9.84 Å². The van der Waals surface area contributed by atoms with Gasteiger partial charge in [0.2, 0.25) is 0 Å². The van der Waals surface area contributed by atoms with Crippen LogP contribution < -0.4 is 4.74 Å². The number of hydrogen-bond acceptors (Lipinski definition) is 3. The van der Waals surface area contributed by atoms with Gasteiger partial charge in [-0.2, -0.15) is 0 Å². The van der Waals surface area contributed by atoms with Crippen molar-refractivity contribution in [2.24, 2.45) is 11.3 Å². The Labute approximate surface area is 204 Å². The predicted octanol–water partition coefficient (Wildman–Crippen LogP) is 7.52. The Kier molecular flexibility index (Phi) is 8.64. The minimum Gasteiger partial charge on any atom is -0.494 e. The van der Waals surface area contributed by atoms with Crippen LogP contribution in [0.25, 0.3) is 5.57 Å². The van der Waals surface area contributed by atoms with Crippen LogP contribution in [0.2, 0.25) is 0 Å². The zero-order valence-corrected chi connectivity index (χ0v) is 20.5. The summed E-state index contributed by atoms with van der Waals surface area (Å²) in [6, 6.07) is 8.53. The van der Waals surface area contributed by atoms with Crippen LogP contribution in [0.15, 0.2) is 42.0 Å². The largest absolute Gasteiger partial charge is 0.494 e. The first-order valence-corrected chi connectivity index (χ1v) is 13.4. The van der Waals surface area contributed by atoms with Gasteiger partial charge in [-0.15, -0.1) is 0 Å². The smallest absolute Gasteiger partial charge is 0.309 e. The lowest BCUT2D eigenvalue weighted by atomic mass is 9.80. The highest BCUT2D eigenvalue weighted by atomic mass is 16.5. The maximum absolute atomic E-state index is 12.6. The summed E-state index contributed by atoms with van der Waals surface area (Å²) >= 11 is 0. The monoisotopic (exact) mass is 464 g/mol. The molecule has 4 nitrogen and oxygen atoms in total. The van der Waals surface area contributed by atoms with Crippen LogP contribution in [-0.4, -0.2) is 23.5 Å². The molecular formula is C30H40O4. The number of hydrogen-bond donors (Lipinski definition) is 1.